The van der Waals surface area contributed by atoms with Crippen molar-refractivity contribution in [1.82, 2.24) is 0 Å². The third kappa shape index (κ3) is 2.51. The summed E-state index contributed by atoms with van der Waals surface area (Å²) in [6, 6.07) is 7.81. The van der Waals surface area contributed by atoms with Crippen LogP contribution in [0.4, 0.5) is 0 Å². The first-order valence-electron chi connectivity index (χ1n) is 8.47. The van der Waals surface area contributed by atoms with E-state index in [4.69, 9.17) is 18.9 Å². The molecular formula is C18H23BrO5. The number of aliphatic hydroxyl groups excluding tert-OH is 1. The number of hydrogen-bond donors (Lipinski definition) is 1. The number of ether oxygens (including phenoxy) is 4. The smallest absolute Gasteiger partial charge is 0.186 e. The highest BCUT2D eigenvalue weighted by Gasteiger charge is 2.68. The molecule has 4 fully saturated rings. The standard InChI is InChI=1S/C18H23BrO5/c1-21-14-4-2-12(3-5-14)11-22-15-13-6-7-17(19,16(15)20)18(10-13)23-8-9-24-18/h2-5,13,15-16,20H,6-11H2,1H3/t13-,15-,16-,17+/m0/s1. The van der Waals surface area contributed by atoms with Crippen LogP contribution in [0.2, 0.25) is 0 Å². The molecule has 0 aromatic heterocycles. The van der Waals surface area contributed by atoms with Crippen LogP contribution in [0.1, 0.15) is 24.8 Å². The number of alkyl halides is 1. The quantitative estimate of drug-likeness (QED) is 0.789. The third-order valence-corrected chi connectivity index (χ3v) is 7.11. The van der Waals surface area contributed by atoms with Crippen molar-refractivity contribution in [2.75, 3.05) is 20.3 Å². The molecule has 3 saturated carbocycles. The van der Waals surface area contributed by atoms with Crippen LogP contribution in [-0.2, 0) is 20.8 Å². The van der Waals surface area contributed by atoms with E-state index in [0.29, 0.717) is 19.8 Å². The molecule has 0 radical (unpaired) electrons. The van der Waals surface area contributed by atoms with Crippen LogP contribution >= 0.6 is 15.9 Å². The fourth-order valence-corrected chi connectivity index (χ4v) is 5.21. The zero-order valence-electron chi connectivity index (χ0n) is 13.7. The molecule has 1 aromatic rings. The van der Waals surface area contributed by atoms with Gasteiger partial charge in [-0.25, -0.2) is 0 Å². The van der Waals surface area contributed by atoms with Gasteiger partial charge in [-0.1, -0.05) is 28.1 Å². The number of aliphatic hydroxyl groups is 1. The molecule has 1 spiro atoms. The number of hydrogen-bond acceptors (Lipinski definition) is 5. The van der Waals surface area contributed by atoms with Crippen molar-refractivity contribution in [3.63, 3.8) is 0 Å². The molecule has 132 valence electrons. The summed E-state index contributed by atoms with van der Waals surface area (Å²) in [6.07, 6.45) is 1.74. The van der Waals surface area contributed by atoms with Crippen molar-refractivity contribution in [3.05, 3.63) is 29.8 Å². The summed E-state index contributed by atoms with van der Waals surface area (Å²) >= 11 is 3.77. The molecule has 4 atom stereocenters. The Hall–Kier alpha value is -0.660. The Morgan fingerprint density at radius 2 is 1.96 bits per heavy atom. The lowest BCUT2D eigenvalue weighted by atomic mass is 9.63. The van der Waals surface area contributed by atoms with Gasteiger partial charge >= 0.3 is 0 Å². The first-order chi connectivity index (χ1) is 11.6. The summed E-state index contributed by atoms with van der Waals surface area (Å²) in [5.41, 5.74) is 1.07. The highest BCUT2D eigenvalue weighted by molar-refractivity contribution is 9.10. The van der Waals surface area contributed by atoms with Gasteiger partial charge in [0.05, 0.1) is 33.0 Å². The van der Waals surface area contributed by atoms with Crippen molar-refractivity contribution in [1.29, 1.82) is 0 Å². The second kappa shape index (κ2) is 6.25. The van der Waals surface area contributed by atoms with Gasteiger partial charge in [-0.05, 0) is 36.5 Å². The second-order valence-electron chi connectivity index (χ2n) is 6.88. The lowest BCUT2D eigenvalue weighted by Gasteiger charge is -2.58. The Balaban J connectivity index is 1.47. The molecule has 1 N–H and O–H groups in total. The van der Waals surface area contributed by atoms with E-state index in [9.17, 15) is 5.11 Å². The van der Waals surface area contributed by atoms with Gasteiger partial charge in [0.2, 0.25) is 0 Å². The van der Waals surface area contributed by atoms with E-state index in [1.165, 1.54) is 0 Å². The van der Waals surface area contributed by atoms with Crippen molar-refractivity contribution in [2.24, 2.45) is 5.92 Å². The largest absolute Gasteiger partial charge is 0.497 e. The van der Waals surface area contributed by atoms with E-state index in [2.05, 4.69) is 15.9 Å². The fraction of sp³-hybridized carbons (Fsp3) is 0.667. The van der Waals surface area contributed by atoms with Crippen molar-refractivity contribution in [3.8, 4) is 5.75 Å². The molecule has 1 aromatic carbocycles. The van der Waals surface area contributed by atoms with E-state index >= 15 is 0 Å². The van der Waals surface area contributed by atoms with Crippen LogP contribution in [0.15, 0.2) is 24.3 Å². The maximum absolute atomic E-state index is 11.0. The van der Waals surface area contributed by atoms with Crippen molar-refractivity contribution in [2.45, 2.75) is 48.2 Å². The Labute approximate surface area is 150 Å². The molecule has 0 unspecified atom stereocenters. The lowest BCUT2D eigenvalue weighted by Crippen LogP contribution is -2.70. The molecule has 4 aliphatic rings. The van der Waals surface area contributed by atoms with E-state index in [-0.39, 0.29) is 12.0 Å². The van der Waals surface area contributed by atoms with Crippen LogP contribution in [0.25, 0.3) is 0 Å². The average molecular weight is 399 g/mol. The summed E-state index contributed by atoms with van der Waals surface area (Å²) in [5.74, 6) is 0.373. The molecule has 5 rings (SSSR count). The van der Waals surface area contributed by atoms with Gasteiger partial charge in [0.15, 0.2) is 5.79 Å². The minimum absolute atomic E-state index is 0.210. The zero-order valence-corrected chi connectivity index (χ0v) is 15.3. The molecule has 1 saturated heterocycles. The number of benzene rings is 1. The zero-order chi connectivity index (χ0) is 16.8. The molecular weight excluding hydrogens is 376 g/mol. The average Bonchev–Trinajstić information content (AvgIpc) is 3.07. The molecule has 1 heterocycles. The molecule has 2 bridgehead atoms. The minimum atomic E-state index is -0.699. The van der Waals surface area contributed by atoms with Crippen LogP contribution in [0.5, 0.6) is 5.75 Å². The second-order valence-corrected chi connectivity index (χ2v) is 8.30. The topological polar surface area (TPSA) is 57.2 Å². The fourth-order valence-electron chi connectivity index (χ4n) is 4.33. The number of fused-ring (bicyclic) bond motifs is 2. The van der Waals surface area contributed by atoms with Crippen molar-refractivity contribution >= 4 is 15.9 Å². The number of halogens is 1. The minimum Gasteiger partial charge on any atom is -0.497 e. The summed E-state index contributed by atoms with van der Waals surface area (Å²) < 4.78 is 22.6. The molecule has 0 amide bonds. The summed E-state index contributed by atoms with van der Waals surface area (Å²) in [4.78, 5) is 0. The summed E-state index contributed by atoms with van der Waals surface area (Å²) in [7, 11) is 1.65. The monoisotopic (exact) mass is 398 g/mol. The molecule has 1 aliphatic heterocycles. The van der Waals surface area contributed by atoms with Gasteiger partial charge < -0.3 is 24.1 Å². The molecule has 3 aliphatic carbocycles. The van der Waals surface area contributed by atoms with Gasteiger partial charge in [0, 0.05) is 6.42 Å². The predicted molar refractivity (Wildman–Crippen MR) is 91.2 cm³/mol. The first-order valence-corrected chi connectivity index (χ1v) is 9.27. The Morgan fingerprint density at radius 3 is 2.62 bits per heavy atom. The van der Waals surface area contributed by atoms with E-state index in [1.54, 1.807) is 7.11 Å². The van der Waals surface area contributed by atoms with E-state index in [0.717, 1.165) is 30.6 Å². The maximum atomic E-state index is 11.0. The van der Waals surface area contributed by atoms with Crippen molar-refractivity contribution < 1.29 is 24.1 Å². The van der Waals surface area contributed by atoms with Crippen LogP contribution in [0.3, 0.4) is 0 Å². The highest BCUT2D eigenvalue weighted by atomic mass is 79.9. The Kier molecular flexibility index (Phi) is 4.37. The highest BCUT2D eigenvalue weighted by Crippen LogP contribution is 2.59. The third-order valence-electron chi connectivity index (χ3n) is 5.64. The van der Waals surface area contributed by atoms with Gasteiger partial charge in [-0.15, -0.1) is 0 Å². The lowest BCUT2D eigenvalue weighted by molar-refractivity contribution is -0.278. The normalized spacial score (nSPS) is 37.0. The maximum Gasteiger partial charge on any atom is 0.186 e. The van der Waals surface area contributed by atoms with Gasteiger partial charge in [0.1, 0.15) is 16.2 Å². The van der Waals surface area contributed by atoms with E-state index in [1.807, 2.05) is 24.3 Å². The Morgan fingerprint density at radius 1 is 1.25 bits per heavy atom. The SMILES string of the molecule is COc1ccc(CO[C@H]2[C@H]3CC[C@@](Br)([C@H]2O)C2(C3)OCCO2)cc1. The molecule has 6 heteroatoms. The van der Waals surface area contributed by atoms with Gasteiger partial charge in [-0.2, -0.15) is 0 Å². The molecule has 5 nitrogen and oxygen atoms in total. The molecule has 24 heavy (non-hydrogen) atoms. The van der Waals surface area contributed by atoms with E-state index < -0.39 is 16.2 Å². The summed E-state index contributed by atoms with van der Waals surface area (Å²) in [6.45, 7) is 1.65. The first kappa shape index (κ1) is 16.8. The van der Waals surface area contributed by atoms with Crippen LogP contribution < -0.4 is 4.74 Å². The summed E-state index contributed by atoms with van der Waals surface area (Å²) in [5, 5.41) is 11.0. The number of rotatable bonds is 4. The van der Waals surface area contributed by atoms with Gasteiger partial charge in [0.25, 0.3) is 0 Å². The van der Waals surface area contributed by atoms with Gasteiger partial charge in [-0.3, -0.25) is 0 Å². The van der Waals surface area contributed by atoms with Crippen LogP contribution in [-0.4, -0.2) is 47.7 Å². The van der Waals surface area contributed by atoms with Crippen LogP contribution in [0, 0.1) is 5.92 Å². The number of methoxy groups -OCH3 is 1. The Bertz CT molecular complexity index is 586. The predicted octanol–water partition coefficient (Wildman–Crippen LogP) is 2.63.